The van der Waals surface area contributed by atoms with Crippen molar-refractivity contribution in [1.82, 2.24) is 0 Å². The van der Waals surface area contributed by atoms with Crippen LogP contribution in [0, 0.1) is 5.82 Å². The predicted molar refractivity (Wildman–Crippen MR) is 109 cm³/mol. The standard InChI is InChI=1S/C24H21FO3/c1-2-24(27)28-21-12-9-19(10-13-21)22-14-11-20(16-23(22)25)18-7-5-17(6-8-18)4-3-15-26/h2,5-14,16,26H,1,3-4,15H2. The number of carbonyl (C=O) groups excluding carboxylic acids is 1. The van der Waals surface area contributed by atoms with E-state index in [9.17, 15) is 9.18 Å². The molecule has 0 aromatic heterocycles. The summed E-state index contributed by atoms with van der Waals surface area (Å²) in [4.78, 5) is 11.2. The maximum atomic E-state index is 14.7. The van der Waals surface area contributed by atoms with E-state index >= 15 is 0 Å². The number of carbonyl (C=O) groups is 1. The first-order valence-electron chi connectivity index (χ1n) is 9.05. The second kappa shape index (κ2) is 9.11. The molecule has 0 unspecified atom stereocenters. The van der Waals surface area contributed by atoms with E-state index in [-0.39, 0.29) is 12.4 Å². The molecule has 0 aliphatic carbocycles. The normalized spacial score (nSPS) is 10.5. The summed E-state index contributed by atoms with van der Waals surface area (Å²) >= 11 is 0. The summed E-state index contributed by atoms with van der Waals surface area (Å²) in [5, 5.41) is 8.91. The molecule has 0 radical (unpaired) electrons. The van der Waals surface area contributed by atoms with Gasteiger partial charge < -0.3 is 9.84 Å². The Kier molecular flexibility index (Phi) is 6.35. The van der Waals surface area contributed by atoms with Gasteiger partial charge in [0.05, 0.1) is 0 Å². The van der Waals surface area contributed by atoms with Gasteiger partial charge in [-0.3, -0.25) is 0 Å². The number of esters is 1. The van der Waals surface area contributed by atoms with Gasteiger partial charge in [0.25, 0.3) is 0 Å². The minimum Gasteiger partial charge on any atom is -0.423 e. The molecule has 0 fully saturated rings. The Bertz CT molecular complexity index is 960. The van der Waals surface area contributed by atoms with Crippen LogP contribution >= 0.6 is 0 Å². The Morgan fingerprint density at radius 1 is 0.964 bits per heavy atom. The first-order chi connectivity index (χ1) is 13.6. The summed E-state index contributed by atoms with van der Waals surface area (Å²) in [5.41, 5.74) is 4.05. The van der Waals surface area contributed by atoms with E-state index in [4.69, 9.17) is 9.84 Å². The average molecular weight is 376 g/mol. The molecular weight excluding hydrogens is 355 g/mol. The van der Waals surface area contributed by atoms with E-state index in [1.807, 2.05) is 30.3 Å². The molecule has 0 aliphatic rings. The monoisotopic (exact) mass is 376 g/mol. The number of aliphatic hydroxyl groups is 1. The highest BCUT2D eigenvalue weighted by Gasteiger charge is 2.09. The van der Waals surface area contributed by atoms with Crippen molar-refractivity contribution in [2.24, 2.45) is 0 Å². The minimum absolute atomic E-state index is 0.173. The summed E-state index contributed by atoms with van der Waals surface area (Å²) < 4.78 is 19.7. The Morgan fingerprint density at radius 2 is 1.61 bits per heavy atom. The largest absolute Gasteiger partial charge is 0.423 e. The molecule has 3 nitrogen and oxygen atoms in total. The number of halogens is 1. The van der Waals surface area contributed by atoms with E-state index < -0.39 is 5.97 Å². The molecular formula is C24H21FO3. The van der Waals surface area contributed by atoms with Crippen molar-refractivity contribution in [1.29, 1.82) is 0 Å². The molecule has 0 aliphatic heterocycles. The van der Waals surface area contributed by atoms with Gasteiger partial charge in [-0.05, 0) is 53.3 Å². The number of ether oxygens (including phenoxy) is 1. The van der Waals surface area contributed by atoms with Crippen LogP contribution in [0.15, 0.2) is 79.4 Å². The summed E-state index contributed by atoms with van der Waals surface area (Å²) in [7, 11) is 0. The number of benzene rings is 3. The first-order valence-corrected chi connectivity index (χ1v) is 9.05. The zero-order valence-corrected chi connectivity index (χ0v) is 15.4. The topological polar surface area (TPSA) is 46.5 Å². The summed E-state index contributed by atoms with van der Waals surface area (Å²) in [5.74, 6) is -0.477. The van der Waals surface area contributed by atoms with Crippen molar-refractivity contribution in [3.8, 4) is 28.0 Å². The third-order valence-corrected chi connectivity index (χ3v) is 4.43. The van der Waals surface area contributed by atoms with Gasteiger partial charge in [-0.1, -0.05) is 55.1 Å². The van der Waals surface area contributed by atoms with Gasteiger partial charge >= 0.3 is 5.97 Å². The van der Waals surface area contributed by atoms with Crippen LogP contribution < -0.4 is 4.74 Å². The summed E-state index contributed by atoms with van der Waals surface area (Å²) in [6.07, 6.45) is 2.64. The SMILES string of the molecule is C=CC(=O)Oc1ccc(-c2ccc(-c3ccc(CCCO)cc3)cc2F)cc1. The quantitative estimate of drug-likeness (QED) is 0.351. The molecule has 0 saturated carbocycles. The Labute approximate surface area is 163 Å². The molecule has 0 amide bonds. The number of rotatable bonds is 7. The van der Waals surface area contributed by atoms with Crippen molar-refractivity contribution < 1.29 is 19.0 Å². The summed E-state index contributed by atoms with van der Waals surface area (Å²) in [6.45, 7) is 3.52. The number of hydrogen-bond acceptors (Lipinski definition) is 3. The molecule has 3 aromatic carbocycles. The minimum atomic E-state index is -0.536. The lowest BCUT2D eigenvalue weighted by Gasteiger charge is -2.09. The molecule has 0 spiro atoms. The van der Waals surface area contributed by atoms with E-state index in [0.717, 1.165) is 35.6 Å². The predicted octanol–water partition coefficient (Wildman–Crippen LogP) is 5.18. The second-order valence-corrected chi connectivity index (χ2v) is 6.37. The van der Waals surface area contributed by atoms with Crippen LogP contribution in [0.3, 0.4) is 0 Å². The lowest BCUT2D eigenvalue weighted by Crippen LogP contribution is -2.02. The zero-order valence-electron chi connectivity index (χ0n) is 15.4. The summed E-state index contributed by atoms with van der Waals surface area (Å²) in [6, 6.07) is 19.7. The lowest BCUT2D eigenvalue weighted by molar-refractivity contribution is -0.128. The molecule has 0 atom stereocenters. The van der Waals surface area contributed by atoms with Gasteiger partial charge in [0, 0.05) is 18.2 Å². The van der Waals surface area contributed by atoms with Crippen LogP contribution in [0.2, 0.25) is 0 Å². The third kappa shape index (κ3) is 4.72. The fourth-order valence-corrected chi connectivity index (χ4v) is 2.94. The molecule has 142 valence electrons. The van der Waals surface area contributed by atoms with Gasteiger partial charge in [-0.2, -0.15) is 0 Å². The lowest BCUT2D eigenvalue weighted by atomic mass is 9.98. The average Bonchev–Trinajstić information content (AvgIpc) is 2.73. The van der Waals surface area contributed by atoms with Crippen LogP contribution in [0.25, 0.3) is 22.3 Å². The van der Waals surface area contributed by atoms with Crippen molar-refractivity contribution in [2.45, 2.75) is 12.8 Å². The highest BCUT2D eigenvalue weighted by atomic mass is 19.1. The molecule has 4 heteroatoms. The fraction of sp³-hybridized carbons (Fsp3) is 0.125. The Balaban J connectivity index is 1.78. The molecule has 0 saturated heterocycles. The molecule has 0 bridgehead atoms. The zero-order chi connectivity index (χ0) is 19.9. The van der Waals surface area contributed by atoms with Gasteiger partial charge in [0.2, 0.25) is 0 Å². The second-order valence-electron chi connectivity index (χ2n) is 6.37. The van der Waals surface area contributed by atoms with Gasteiger partial charge in [-0.25, -0.2) is 9.18 Å². The third-order valence-electron chi connectivity index (χ3n) is 4.43. The van der Waals surface area contributed by atoms with E-state index in [2.05, 4.69) is 6.58 Å². The van der Waals surface area contributed by atoms with Crippen LogP contribution in [0.1, 0.15) is 12.0 Å². The van der Waals surface area contributed by atoms with Crippen LogP contribution in [-0.2, 0) is 11.2 Å². The maximum Gasteiger partial charge on any atom is 0.335 e. The van der Waals surface area contributed by atoms with E-state index in [1.165, 1.54) is 6.07 Å². The molecule has 1 N–H and O–H groups in total. The van der Waals surface area contributed by atoms with E-state index in [0.29, 0.717) is 16.9 Å². The molecule has 28 heavy (non-hydrogen) atoms. The van der Waals surface area contributed by atoms with Crippen LogP contribution in [-0.4, -0.2) is 17.7 Å². The van der Waals surface area contributed by atoms with Crippen molar-refractivity contribution in [3.63, 3.8) is 0 Å². The Morgan fingerprint density at radius 3 is 2.21 bits per heavy atom. The molecule has 3 rings (SSSR count). The Hall–Kier alpha value is -3.24. The van der Waals surface area contributed by atoms with Crippen molar-refractivity contribution in [3.05, 3.63) is 90.8 Å². The smallest absolute Gasteiger partial charge is 0.335 e. The highest BCUT2D eigenvalue weighted by molar-refractivity contribution is 5.83. The van der Waals surface area contributed by atoms with Crippen LogP contribution in [0.4, 0.5) is 4.39 Å². The molecule has 0 heterocycles. The fourth-order valence-electron chi connectivity index (χ4n) is 2.94. The van der Waals surface area contributed by atoms with Crippen molar-refractivity contribution >= 4 is 5.97 Å². The number of aliphatic hydroxyl groups excluding tert-OH is 1. The highest BCUT2D eigenvalue weighted by Crippen LogP contribution is 2.29. The first kappa shape index (κ1) is 19.5. The van der Waals surface area contributed by atoms with Gasteiger partial charge in [0.15, 0.2) is 0 Å². The number of hydrogen-bond donors (Lipinski definition) is 1. The van der Waals surface area contributed by atoms with Gasteiger partial charge in [-0.15, -0.1) is 0 Å². The van der Waals surface area contributed by atoms with Crippen molar-refractivity contribution in [2.75, 3.05) is 6.61 Å². The molecule has 3 aromatic rings. The number of aryl methyl sites for hydroxylation is 1. The maximum absolute atomic E-state index is 14.7. The van der Waals surface area contributed by atoms with E-state index in [1.54, 1.807) is 30.3 Å². The van der Waals surface area contributed by atoms with Crippen LogP contribution in [0.5, 0.6) is 5.75 Å². The van der Waals surface area contributed by atoms with Gasteiger partial charge in [0.1, 0.15) is 11.6 Å².